The van der Waals surface area contributed by atoms with Crippen molar-refractivity contribution in [3.8, 4) is 0 Å². The Kier molecular flexibility index (Phi) is 28.3. The summed E-state index contributed by atoms with van der Waals surface area (Å²) in [6.07, 6.45) is -11.3. The number of ether oxygens (including phenoxy) is 10. The van der Waals surface area contributed by atoms with E-state index in [2.05, 4.69) is 0 Å². The number of esters is 1. The molecule has 3 unspecified atom stereocenters. The minimum Gasteiger partial charge on any atom is -0.460 e. The van der Waals surface area contributed by atoms with E-state index in [1.165, 1.54) is 14.2 Å². The monoisotopic (exact) mass is 1280 g/mol. The number of aliphatic hydroxyl groups excluding tert-OH is 8. The summed E-state index contributed by atoms with van der Waals surface area (Å²) >= 11 is 0. The van der Waals surface area contributed by atoms with Gasteiger partial charge in [-0.3, -0.25) is 19.2 Å². The highest BCUT2D eigenvalue weighted by atomic mass is 16.8. The zero-order valence-electron chi connectivity index (χ0n) is 53.4. The Hall–Kier alpha value is -4.46. The van der Waals surface area contributed by atoms with Gasteiger partial charge >= 0.3 is 12.1 Å². The first-order valence-corrected chi connectivity index (χ1v) is 31.6. The van der Waals surface area contributed by atoms with Gasteiger partial charge in [0.2, 0.25) is 12.1 Å². The van der Waals surface area contributed by atoms with Crippen LogP contribution in [0.2, 0.25) is 0 Å². The molecule has 0 aromatic heterocycles. The lowest BCUT2D eigenvalue weighted by atomic mass is 9.78. The first-order valence-electron chi connectivity index (χ1n) is 31.6. The average molecular weight is 1280 g/mol. The second-order valence-electron chi connectivity index (χ2n) is 25.6. The quantitative estimate of drug-likeness (QED) is 0.0766. The van der Waals surface area contributed by atoms with Crippen molar-refractivity contribution < 1.29 is 122 Å². The normalized spacial score (nSPS) is 42.7. The zero-order chi connectivity index (χ0) is 66.5. The van der Waals surface area contributed by atoms with E-state index >= 15 is 0 Å². The fourth-order valence-corrected chi connectivity index (χ4v) is 13.1. The molecule has 90 heavy (non-hydrogen) atoms. The van der Waals surface area contributed by atoms with Crippen LogP contribution in [0.25, 0.3) is 0 Å². The molecule has 2 bridgehead atoms. The van der Waals surface area contributed by atoms with Crippen LogP contribution in [0.5, 0.6) is 0 Å². The minimum atomic E-state index is -2.52. The van der Waals surface area contributed by atoms with Crippen LogP contribution in [0.15, 0.2) is 47.6 Å². The molecule has 0 radical (unpaired) electrons. The maximum absolute atomic E-state index is 14.7. The smallest absolute Gasteiger partial charge is 0.460 e. The highest BCUT2D eigenvalue weighted by molar-refractivity contribution is 6.39. The molecule has 510 valence electrons. The van der Waals surface area contributed by atoms with E-state index in [1.807, 2.05) is 44.2 Å². The predicted molar refractivity (Wildman–Crippen MR) is 317 cm³/mol. The number of aliphatic hydroxyl groups is 9. The molecule has 5 aliphatic heterocycles. The molecule has 6 aliphatic rings. The van der Waals surface area contributed by atoms with Crippen LogP contribution in [0.3, 0.4) is 0 Å². The van der Waals surface area contributed by atoms with Crippen molar-refractivity contribution in [1.82, 2.24) is 4.90 Å². The Labute approximate surface area is 526 Å². The lowest BCUT2D eigenvalue weighted by molar-refractivity contribution is -0.355. The lowest BCUT2D eigenvalue weighted by Gasteiger charge is -2.45. The van der Waals surface area contributed by atoms with Gasteiger partial charge < -0.3 is 98.2 Å². The fourth-order valence-electron chi connectivity index (χ4n) is 13.1. The molecule has 1 saturated carbocycles. The van der Waals surface area contributed by atoms with Gasteiger partial charge in [0.05, 0.1) is 31.5 Å². The number of piperidine rings is 1. The zero-order valence-corrected chi connectivity index (χ0v) is 53.4. The first-order chi connectivity index (χ1) is 42.6. The molecule has 1 amide bonds. The summed E-state index contributed by atoms with van der Waals surface area (Å²) < 4.78 is 57.3. The van der Waals surface area contributed by atoms with Crippen LogP contribution in [0, 0.1) is 35.5 Å². The Balaban J connectivity index is 1.20. The van der Waals surface area contributed by atoms with Gasteiger partial charge in [0.15, 0.2) is 12.1 Å². The summed E-state index contributed by atoms with van der Waals surface area (Å²) in [5.41, 5.74) is 1.13. The molecule has 9 N–H and O–H groups in total. The van der Waals surface area contributed by atoms with Crippen LogP contribution in [0.4, 0.5) is 4.79 Å². The predicted octanol–water partition coefficient (Wildman–Crippen LogP) is 1.97. The number of ketones is 3. The Morgan fingerprint density at radius 2 is 1.42 bits per heavy atom. The van der Waals surface area contributed by atoms with Gasteiger partial charge in [0, 0.05) is 58.5 Å². The molecule has 6 rings (SSSR count). The van der Waals surface area contributed by atoms with Gasteiger partial charge in [-0.2, -0.15) is 0 Å². The van der Waals surface area contributed by atoms with E-state index in [9.17, 15) is 74.7 Å². The van der Waals surface area contributed by atoms with Gasteiger partial charge in [-0.1, -0.05) is 71.1 Å². The third-order valence-corrected chi connectivity index (χ3v) is 18.9. The number of fused-ring (bicyclic) bond motifs is 3. The van der Waals surface area contributed by atoms with E-state index in [1.54, 1.807) is 47.8 Å². The summed E-state index contributed by atoms with van der Waals surface area (Å²) in [5, 5.41) is 96.5. The molecule has 5 fully saturated rings. The third kappa shape index (κ3) is 18.5. The van der Waals surface area contributed by atoms with E-state index in [0.717, 1.165) is 10.5 Å². The van der Waals surface area contributed by atoms with Crippen LogP contribution in [-0.2, 0) is 71.3 Å². The van der Waals surface area contributed by atoms with Gasteiger partial charge in [-0.05, 0) is 107 Å². The van der Waals surface area contributed by atoms with Crippen LogP contribution in [0.1, 0.15) is 126 Å². The molecular formula is C64H99NO25. The number of rotatable bonds is 12. The van der Waals surface area contributed by atoms with E-state index in [4.69, 9.17) is 47.4 Å². The van der Waals surface area contributed by atoms with Crippen molar-refractivity contribution >= 4 is 35.4 Å². The van der Waals surface area contributed by atoms with Crippen molar-refractivity contribution in [3.63, 3.8) is 0 Å². The number of cyclic esters (lactones) is 1. The highest BCUT2D eigenvalue weighted by Gasteiger charge is 2.55. The molecule has 0 aromatic carbocycles. The highest BCUT2D eigenvalue weighted by Crippen LogP contribution is 2.39. The number of carbonyl (C=O) groups excluding carboxylic acids is 6. The topological polar surface area (TPSA) is 380 Å². The number of hydrogen-bond acceptors (Lipinski definition) is 25. The number of methoxy groups -OCH3 is 3. The van der Waals surface area contributed by atoms with Crippen LogP contribution < -0.4 is 0 Å². The second-order valence-corrected chi connectivity index (χ2v) is 25.6. The summed E-state index contributed by atoms with van der Waals surface area (Å²) in [6.45, 7) is 10.6. The van der Waals surface area contributed by atoms with E-state index in [-0.39, 0.29) is 56.3 Å². The summed E-state index contributed by atoms with van der Waals surface area (Å²) in [5.74, 6) is -9.44. The Morgan fingerprint density at radius 1 is 0.733 bits per heavy atom. The minimum absolute atomic E-state index is 0.0114. The van der Waals surface area contributed by atoms with Crippen molar-refractivity contribution in [2.45, 2.75) is 241 Å². The van der Waals surface area contributed by atoms with Crippen LogP contribution >= 0.6 is 0 Å². The number of Topliss-reactive ketones (excluding diaryl/α,β-unsaturated/α-hetero) is 3. The Morgan fingerprint density at radius 3 is 2.09 bits per heavy atom. The van der Waals surface area contributed by atoms with Crippen molar-refractivity contribution in [1.29, 1.82) is 0 Å². The molecule has 1 aliphatic carbocycles. The standard InChI is InChI=1S/C64H99NO25/c1-32-16-12-11-13-17-33(2)44(81-8)28-40-21-19-38(7)64(80,90-40)58(76)59(77)65-23-15-14-18-41(65)60(78)84-45(29-42(68)34(3)25-37(6)50(70)57(83-10)49(69)36(5)24-32)35(4)26-39-20-22-43(46(27-39)82-9)87-63(79)89-62-55(75)53(73)56(48(31-67)86-62)88-61-54(74)52(72)51(71)47(30-66)85-61/h11-13,16-17,25,32,34-36,38-41,43-48,50-57,61-62,66-67,70-75,80H,14-15,18-24,26-31H2,1-10H3/b13-11+,16-12-,33-17+,37-25+/t32-,34-,35-,36-,38-,39?,40+,41?,43-,44+,45+,46-,47-,48-,50-,51-,52+,53-,54-,55-,56-,57+,61?,62+,64-/m1/s1. The largest absolute Gasteiger partial charge is 0.511 e. The van der Waals surface area contributed by atoms with Gasteiger partial charge in [0.1, 0.15) is 85.1 Å². The summed E-state index contributed by atoms with van der Waals surface area (Å²) in [6, 6.07) is -1.28. The van der Waals surface area contributed by atoms with Crippen LogP contribution in [-0.4, -0.2) is 243 Å². The molecule has 26 heteroatoms. The molecule has 4 saturated heterocycles. The molecule has 0 aromatic rings. The summed E-state index contributed by atoms with van der Waals surface area (Å²) in [7, 11) is 4.28. The lowest BCUT2D eigenvalue weighted by Crippen LogP contribution is -2.64. The maximum atomic E-state index is 14.7. The number of nitrogens with zero attached hydrogens (tertiary/aromatic N) is 1. The molecule has 5 heterocycles. The van der Waals surface area contributed by atoms with E-state index in [0.29, 0.717) is 50.5 Å². The Bertz CT molecular complexity index is 2520. The number of hydrogen-bond donors (Lipinski definition) is 9. The van der Waals surface area contributed by atoms with Crippen molar-refractivity contribution in [2.24, 2.45) is 35.5 Å². The number of carbonyl (C=O) groups is 6. The number of allylic oxidation sites excluding steroid dienone is 6. The fraction of sp³-hybridized carbons (Fsp3) is 0.781. The molecule has 26 nitrogen and oxygen atoms in total. The second kappa shape index (κ2) is 34.1. The van der Waals surface area contributed by atoms with Crippen molar-refractivity contribution in [3.05, 3.63) is 47.6 Å². The SMILES string of the molecule is CO[C@H]1C[C@@H]2CC[C@@H](C)[C@@](O)(O2)C(=O)C(=O)N2CCCCC2C(=O)O[C@H]([C@H](C)CC2CC[C@@H](OC(=O)O[C@@H]3O[C@H](CO)[C@@H](OC4O[C@H](CO)[C@@H](O)[C@H](O)[C@H]4O)[C@H](O)[C@H]3O)[C@H](OC)C2)CC(=O)[C@H](C)/C=C(\C)[C@@H](O)[C@@H](OC)C(=O)[C@H](C)C[C@H](C)\C=C/C=C/C=C/1C. The summed E-state index contributed by atoms with van der Waals surface area (Å²) in [4.78, 5) is 86.4. The van der Waals surface area contributed by atoms with Gasteiger partial charge in [0.25, 0.3) is 11.7 Å². The molecule has 25 atom stereocenters. The first kappa shape index (κ1) is 74.6. The van der Waals surface area contributed by atoms with Gasteiger partial charge in [-0.25, -0.2) is 9.59 Å². The van der Waals surface area contributed by atoms with E-state index < -0.39 is 182 Å². The maximum Gasteiger partial charge on any atom is 0.511 e. The number of amides is 1. The van der Waals surface area contributed by atoms with Crippen molar-refractivity contribution in [2.75, 3.05) is 41.1 Å². The molecule has 0 spiro atoms. The molecular weight excluding hydrogens is 1180 g/mol. The average Bonchev–Trinajstić information content (AvgIpc) is 0.826. The third-order valence-electron chi connectivity index (χ3n) is 18.9. The van der Waals surface area contributed by atoms with Gasteiger partial charge in [-0.15, -0.1) is 0 Å².